The van der Waals surface area contributed by atoms with Gasteiger partial charge in [-0.2, -0.15) is 0 Å². The molecule has 1 saturated heterocycles. The molecule has 3 heteroatoms. The molecule has 100 valence electrons. The van der Waals surface area contributed by atoms with E-state index < -0.39 is 5.60 Å². The number of aliphatic hydroxyl groups is 1. The molecule has 1 aliphatic carbocycles. The van der Waals surface area contributed by atoms with Crippen LogP contribution in [0.15, 0.2) is 0 Å². The van der Waals surface area contributed by atoms with E-state index in [9.17, 15) is 5.11 Å². The summed E-state index contributed by atoms with van der Waals surface area (Å²) in [6.45, 7) is 6.04. The van der Waals surface area contributed by atoms with Crippen LogP contribution < -0.4 is 0 Å². The number of hydrogen-bond acceptors (Lipinski definition) is 3. The Labute approximate surface area is 105 Å². The van der Waals surface area contributed by atoms with Crippen LogP contribution in [0.25, 0.3) is 0 Å². The van der Waals surface area contributed by atoms with Crippen molar-refractivity contribution in [3.05, 3.63) is 0 Å². The summed E-state index contributed by atoms with van der Waals surface area (Å²) in [5.41, 5.74) is -0.396. The second kappa shape index (κ2) is 6.17. The topological polar surface area (TPSA) is 32.7 Å². The second-order valence-electron chi connectivity index (χ2n) is 5.80. The Morgan fingerprint density at radius 2 is 2.06 bits per heavy atom. The zero-order chi connectivity index (χ0) is 12.1. The first-order valence-electron chi connectivity index (χ1n) is 7.28. The maximum atomic E-state index is 10.4. The van der Waals surface area contributed by atoms with Crippen molar-refractivity contribution in [1.29, 1.82) is 0 Å². The van der Waals surface area contributed by atoms with Crippen LogP contribution in [0.4, 0.5) is 0 Å². The predicted molar refractivity (Wildman–Crippen MR) is 69.1 cm³/mol. The lowest BCUT2D eigenvalue weighted by molar-refractivity contribution is -0.0383. The van der Waals surface area contributed by atoms with Crippen molar-refractivity contribution in [2.24, 2.45) is 0 Å². The first-order valence-corrected chi connectivity index (χ1v) is 7.28. The summed E-state index contributed by atoms with van der Waals surface area (Å²) < 4.78 is 5.84. The Bertz CT molecular complexity index is 226. The minimum absolute atomic E-state index is 0.396. The van der Waals surface area contributed by atoms with E-state index in [1.54, 1.807) is 0 Å². The van der Waals surface area contributed by atoms with Crippen LogP contribution in [0.2, 0.25) is 0 Å². The molecule has 1 saturated carbocycles. The maximum absolute atomic E-state index is 10.4. The molecule has 0 spiro atoms. The molecule has 1 heterocycles. The lowest BCUT2D eigenvalue weighted by Gasteiger charge is -2.37. The molecular weight excluding hydrogens is 214 g/mol. The number of nitrogens with zero attached hydrogens (tertiary/aromatic N) is 1. The van der Waals surface area contributed by atoms with Crippen molar-refractivity contribution in [3.63, 3.8) is 0 Å². The highest BCUT2D eigenvalue weighted by atomic mass is 16.5. The van der Waals surface area contributed by atoms with Gasteiger partial charge in [-0.25, -0.2) is 0 Å². The molecule has 2 fully saturated rings. The Morgan fingerprint density at radius 3 is 2.76 bits per heavy atom. The van der Waals surface area contributed by atoms with E-state index in [2.05, 4.69) is 11.8 Å². The second-order valence-corrected chi connectivity index (χ2v) is 5.80. The summed E-state index contributed by atoms with van der Waals surface area (Å²) in [6.07, 6.45) is 8.27. The number of rotatable bonds is 5. The highest BCUT2D eigenvalue weighted by Crippen LogP contribution is 2.31. The van der Waals surface area contributed by atoms with Gasteiger partial charge in [0.25, 0.3) is 0 Å². The summed E-state index contributed by atoms with van der Waals surface area (Å²) >= 11 is 0. The molecule has 0 bridgehead atoms. The quantitative estimate of drug-likeness (QED) is 0.801. The van der Waals surface area contributed by atoms with E-state index in [1.807, 2.05) is 0 Å². The fourth-order valence-corrected chi connectivity index (χ4v) is 3.18. The predicted octanol–water partition coefficient (Wildman–Crippen LogP) is 2.18. The standard InChI is InChI=1S/C14H27NO2/c1-2-10-17-13-6-5-9-15(11-13)12-14(16)7-3-4-8-14/h13,16H,2-12H2,1H3. The van der Waals surface area contributed by atoms with Gasteiger partial charge in [0.05, 0.1) is 11.7 Å². The zero-order valence-corrected chi connectivity index (χ0v) is 11.2. The Hall–Kier alpha value is -0.120. The van der Waals surface area contributed by atoms with Gasteiger partial charge in [-0.05, 0) is 38.6 Å². The van der Waals surface area contributed by atoms with E-state index in [0.717, 1.165) is 45.5 Å². The largest absolute Gasteiger partial charge is 0.389 e. The van der Waals surface area contributed by atoms with Gasteiger partial charge in [0.1, 0.15) is 0 Å². The smallest absolute Gasteiger partial charge is 0.0774 e. The van der Waals surface area contributed by atoms with Crippen molar-refractivity contribution in [2.45, 2.75) is 63.6 Å². The third-order valence-electron chi connectivity index (χ3n) is 4.07. The third kappa shape index (κ3) is 3.94. The first kappa shape index (κ1) is 13.3. The molecule has 1 atom stereocenters. The lowest BCUT2D eigenvalue weighted by atomic mass is 9.99. The highest BCUT2D eigenvalue weighted by molar-refractivity contribution is 4.89. The van der Waals surface area contributed by atoms with E-state index in [4.69, 9.17) is 4.74 Å². The molecular formula is C14H27NO2. The molecule has 1 N–H and O–H groups in total. The summed E-state index contributed by atoms with van der Waals surface area (Å²) in [7, 11) is 0. The van der Waals surface area contributed by atoms with Crippen LogP contribution in [-0.2, 0) is 4.74 Å². The van der Waals surface area contributed by atoms with Gasteiger partial charge in [-0.1, -0.05) is 19.8 Å². The molecule has 0 aromatic heterocycles. The van der Waals surface area contributed by atoms with Gasteiger partial charge < -0.3 is 9.84 Å². The van der Waals surface area contributed by atoms with E-state index in [0.29, 0.717) is 6.10 Å². The van der Waals surface area contributed by atoms with Crippen LogP contribution >= 0.6 is 0 Å². The fraction of sp³-hybridized carbons (Fsp3) is 1.00. The molecule has 17 heavy (non-hydrogen) atoms. The molecule has 0 aromatic carbocycles. The number of piperidine rings is 1. The normalized spacial score (nSPS) is 29.6. The number of likely N-dealkylation sites (tertiary alicyclic amines) is 1. The summed E-state index contributed by atoms with van der Waals surface area (Å²) in [6, 6.07) is 0. The van der Waals surface area contributed by atoms with Gasteiger partial charge in [0, 0.05) is 19.7 Å². The van der Waals surface area contributed by atoms with Crippen LogP contribution in [-0.4, -0.2) is 48.0 Å². The van der Waals surface area contributed by atoms with Crippen molar-refractivity contribution in [1.82, 2.24) is 4.90 Å². The summed E-state index contributed by atoms with van der Waals surface area (Å²) in [4.78, 5) is 2.41. The Morgan fingerprint density at radius 1 is 1.29 bits per heavy atom. The summed E-state index contributed by atoms with van der Waals surface area (Å²) in [5, 5.41) is 10.4. The van der Waals surface area contributed by atoms with Crippen molar-refractivity contribution >= 4 is 0 Å². The number of ether oxygens (including phenoxy) is 1. The average molecular weight is 241 g/mol. The van der Waals surface area contributed by atoms with Crippen molar-refractivity contribution in [3.8, 4) is 0 Å². The van der Waals surface area contributed by atoms with Crippen LogP contribution in [0.5, 0.6) is 0 Å². The number of β-amino-alcohol motifs (C(OH)–C–C–N with tert-alkyl or cyclic N) is 1. The molecule has 2 aliphatic rings. The molecule has 1 unspecified atom stereocenters. The minimum atomic E-state index is -0.396. The molecule has 3 nitrogen and oxygen atoms in total. The minimum Gasteiger partial charge on any atom is -0.389 e. The van der Waals surface area contributed by atoms with Crippen molar-refractivity contribution < 1.29 is 9.84 Å². The monoisotopic (exact) mass is 241 g/mol. The molecule has 0 radical (unpaired) electrons. The van der Waals surface area contributed by atoms with Crippen LogP contribution in [0.3, 0.4) is 0 Å². The third-order valence-corrected chi connectivity index (χ3v) is 4.07. The van der Waals surface area contributed by atoms with Crippen LogP contribution in [0, 0.1) is 0 Å². The van der Waals surface area contributed by atoms with E-state index >= 15 is 0 Å². The van der Waals surface area contributed by atoms with Gasteiger partial charge in [0.2, 0.25) is 0 Å². The van der Waals surface area contributed by atoms with E-state index in [-0.39, 0.29) is 0 Å². The Balaban J connectivity index is 1.76. The highest BCUT2D eigenvalue weighted by Gasteiger charge is 2.34. The van der Waals surface area contributed by atoms with Gasteiger partial charge >= 0.3 is 0 Å². The van der Waals surface area contributed by atoms with Crippen molar-refractivity contribution in [2.75, 3.05) is 26.2 Å². The van der Waals surface area contributed by atoms with Gasteiger partial charge in [0.15, 0.2) is 0 Å². The average Bonchev–Trinajstić information content (AvgIpc) is 2.73. The van der Waals surface area contributed by atoms with Gasteiger partial charge in [-0.3, -0.25) is 4.90 Å². The maximum Gasteiger partial charge on any atom is 0.0774 e. The zero-order valence-electron chi connectivity index (χ0n) is 11.2. The summed E-state index contributed by atoms with van der Waals surface area (Å²) in [5.74, 6) is 0. The Kier molecular flexibility index (Phi) is 4.83. The molecule has 2 rings (SSSR count). The lowest BCUT2D eigenvalue weighted by Crippen LogP contribution is -2.47. The molecule has 0 amide bonds. The van der Waals surface area contributed by atoms with Gasteiger partial charge in [-0.15, -0.1) is 0 Å². The first-order chi connectivity index (χ1) is 8.22. The number of hydrogen-bond donors (Lipinski definition) is 1. The molecule has 1 aliphatic heterocycles. The van der Waals surface area contributed by atoms with E-state index in [1.165, 1.54) is 25.7 Å². The molecule has 0 aromatic rings. The fourth-order valence-electron chi connectivity index (χ4n) is 3.18. The van der Waals surface area contributed by atoms with Crippen LogP contribution in [0.1, 0.15) is 51.9 Å². The SMILES string of the molecule is CCCOC1CCCN(CC2(O)CCCC2)C1.